The van der Waals surface area contributed by atoms with E-state index in [0.717, 1.165) is 28.7 Å². The predicted octanol–water partition coefficient (Wildman–Crippen LogP) is 4.01. The first kappa shape index (κ1) is 37.8. The van der Waals surface area contributed by atoms with Crippen molar-refractivity contribution in [2.75, 3.05) is 37.4 Å². The summed E-state index contributed by atoms with van der Waals surface area (Å²) in [6.45, 7) is 2.90. The lowest BCUT2D eigenvalue weighted by atomic mass is 9.90. The molecular formula is C37H42F2N6O7. The van der Waals surface area contributed by atoms with Crippen molar-refractivity contribution < 1.29 is 42.6 Å². The van der Waals surface area contributed by atoms with Gasteiger partial charge in [0.2, 0.25) is 17.7 Å². The number of fused-ring (bicyclic) bond motifs is 1. The van der Waals surface area contributed by atoms with Crippen LogP contribution in [0.2, 0.25) is 0 Å². The largest absolute Gasteiger partial charge is 0.465 e. The molecule has 3 aromatic rings. The van der Waals surface area contributed by atoms with Gasteiger partial charge in [-0.1, -0.05) is 42.5 Å². The van der Waals surface area contributed by atoms with Crippen LogP contribution >= 0.6 is 0 Å². The Labute approximate surface area is 299 Å². The van der Waals surface area contributed by atoms with Gasteiger partial charge in [-0.25, -0.2) is 13.6 Å². The van der Waals surface area contributed by atoms with Gasteiger partial charge in [-0.2, -0.15) is 0 Å². The molecule has 3 aromatic carbocycles. The third-order valence-electron chi connectivity index (χ3n) is 9.38. The van der Waals surface area contributed by atoms with Crippen molar-refractivity contribution in [3.63, 3.8) is 0 Å². The second kappa shape index (κ2) is 17.2. The molecule has 0 aliphatic carbocycles. The van der Waals surface area contributed by atoms with E-state index in [9.17, 15) is 37.9 Å². The second-order valence-electron chi connectivity index (χ2n) is 12.8. The SMILES string of the molecule is C[C@@H](C(=O)N[C@H](C(=O)N1Cc2cc(NC(=O)CCNCc3ccccc3)ccc2[C@H]1C(=O)Nc1c(F)cccc1F)C1CCOCC1)N(C)C(=O)O. The normalized spacial score (nSPS) is 16.7. The van der Waals surface area contributed by atoms with Crippen molar-refractivity contribution in [1.82, 2.24) is 20.4 Å². The van der Waals surface area contributed by atoms with Gasteiger partial charge in [0.25, 0.3) is 5.91 Å². The van der Waals surface area contributed by atoms with Crippen LogP contribution in [-0.4, -0.2) is 83.5 Å². The molecule has 3 atom stereocenters. The minimum atomic E-state index is -1.37. The molecule has 13 nitrogen and oxygen atoms in total. The maximum absolute atomic E-state index is 14.6. The summed E-state index contributed by atoms with van der Waals surface area (Å²) >= 11 is 0. The number of nitrogens with zero attached hydrogens (tertiary/aromatic N) is 2. The number of hydrogen-bond donors (Lipinski definition) is 5. The number of rotatable bonds is 13. The zero-order valence-electron chi connectivity index (χ0n) is 28.9. The van der Waals surface area contributed by atoms with Gasteiger partial charge in [0.15, 0.2) is 0 Å². The summed E-state index contributed by atoms with van der Waals surface area (Å²) in [5, 5.41) is 20.5. The molecule has 0 bridgehead atoms. The van der Waals surface area contributed by atoms with Gasteiger partial charge in [0, 0.05) is 52.0 Å². The smallest absolute Gasteiger partial charge is 0.407 e. The molecule has 0 radical (unpaired) electrons. The molecule has 276 valence electrons. The number of para-hydroxylation sites is 1. The molecule has 2 aliphatic rings. The fraction of sp³-hybridized carbons (Fsp3) is 0.378. The van der Waals surface area contributed by atoms with Crippen LogP contribution < -0.4 is 21.3 Å². The maximum Gasteiger partial charge on any atom is 0.407 e. The lowest BCUT2D eigenvalue weighted by molar-refractivity contribution is -0.144. The van der Waals surface area contributed by atoms with E-state index in [-0.39, 0.29) is 18.9 Å². The molecule has 5 amide bonds. The molecule has 1 saturated heterocycles. The average molecular weight is 721 g/mol. The standard InChI is InChI=1S/C37H42F2N6O7/c1-22(44(2)37(50)51)34(47)42-31(24-14-17-52-18-15-24)36(49)45-21-25-19-26(41-30(46)13-16-40-20-23-7-4-3-5-8-23)11-12-27(25)33(45)35(48)43-32-28(38)9-6-10-29(32)39/h3-12,19,22,24,31,33,40H,13-18,20-21H2,1-2H3,(H,41,46)(H,42,47)(H,43,48)(H,50,51)/t22-,31-,33-/m0/s1. The van der Waals surface area contributed by atoms with E-state index >= 15 is 0 Å². The lowest BCUT2D eigenvalue weighted by Gasteiger charge is -2.35. The topological polar surface area (TPSA) is 169 Å². The predicted molar refractivity (Wildman–Crippen MR) is 187 cm³/mol. The zero-order valence-corrected chi connectivity index (χ0v) is 28.9. The Morgan fingerprint density at radius 3 is 2.33 bits per heavy atom. The highest BCUT2D eigenvalue weighted by Crippen LogP contribution is 2.38. The van der Waals surface area contributed by atoms with Gasteiger partial charge >= 0.3 is 6.09 Å². The number of hydrogen-bond acceptors (Lipinski definition) is 7. The summed E-state index contributed by atoms with van der Waals surface area (Å²) in [6.07, 6.45) is -0.367. The van der Waals surface area contributed by atoms with Gasteiger partial charge in [-0.15, -0.1) is 0 Å². The summed E-state index contributed by atoms with van der Waals surface area (Å²) in [5.74, 6) is -4.97. The summed E-state index contributed by atoms with van der Waals surface area (Å²) in [5.41, 5.74) is 1.68. The Balaban J connectivity index is 1.39. The van der Waals surface area contributed by atoms with Crippen LogP contribution in [0.25, 0.3) is 0 Å². The Morgan fingerprint density at radius 1 is 0.962 bits per heavy atom. The Kier molecular flexibility index (Phi) is 12.5. The Bertz CT molecular complexity index is 1770. The average Bonchev–Trinajstić information content (AvgIpc) is 3.52. The molecular weight excluding hydrogens is 678 g/mol. The van der Waals surface area contributed by atoms with E-state index in [2.05, 4.69) is 21.3 Å². The highest BCUT2D eigenvalue weighted by atomic mass is 19.1. The first-order valence-corrected chi connectivity index (χ1v) is 17.0. The summed E-state index contributed by atoms with van der Waals surface area (Å²) in [4.78, 5) is 68.1. The quantitative estimate of drug-likeness (QED) is 0.165. The van der Waals surface area contributed by atoms with Crippen molar-refractivity contribution >= 4 is 41.1 Å². The third kappa shape index (κ3) is 9.08. The summed E-state index contributed by atoms with van der Waals surface area (Å²) in [6, 6.07) is 14.0. The van der Waals surface area contributed by atoms with Crippen LogP contribution in [0.3, 0.4) is 0 Å². The molecule has 1 fully saturated rings. The van der Waals surface area contributed by atoms with E-state index in [0.29, 0.717) is 56.0 Å². The second-order valence-corrected chi connectivity index (χ2v) is 12.8. The fourth-order valence-corrected chi connectivity index (χ4v) is 6.31. The number of halogens is 2. The van der Waals surface area contributed by atoms with Crippen LogP contribution in [0.4, 0.5) is 25.0 Å². The molecule has 15 heteroatoms. The molecule has 5 N–H and O–H groups in total. The fourth-order valence-electron chi connectivity index (χ4n) is 6.31. The van der Waals surface area contributed by atoms with Crippen molar-refractivity contribution in [3.8, 4) is 0 Å². The molecule has 0 saturated carbocycles. The summed E-state index contributed by atoms with van der Waals surface area (Å²) < 4.78 is 34.8. The Hall–Kier alpha value is -5.41. The van der Waals surface area contributed by atoms with Gasteiger partial charge in [-0.3, -0.25) is 24.1 Å². The minimum Gasteiger partial charge on any atom is -0.465 e. The van der Waals surface area contributed by atoms with E-state index < -0.39 is 65.2 Å². The first-order valence-electron chi connectivity index (χ1n) is 17.0. The number of carboxylic acid groups (broad SMARTS) is 1. The highest BCUT2D eigenvalue weighted by molar-refractivity contribution is 6.01. The number of likely N-dealkylation sites (N-methyl/N-ethyl adjacent to an activating group) is 1. The molecule has 52 heavy (non-hydrogen) atoms. The van der Waals surface area contributed by atoms with Crippen LogP contribution in [0.15, 0.2) is 66.7 Å². The van der Waals surface area contributed by atoms with Crippen LogP contribution in [0.5, 0.6) is 0 Å². The van der Waals surface area contributed by atoms with Gasteiger partial charge in [-0.05, 0) is 66.6 Å². The Morgan fingerprint density at radius 2 is 1.65 bits per heavy atom. The number of nitrogens with one attached hydrogen (secondary N) is 4. The number of carbonyl (C=O) groups excluding carboxylic acids is 4. The lowest BCUT2D eigenvalue weighted by Crippen LogP contribution is -2.57. The molecule has 0 aromatic heterocycles. The van der Waals surface area contributed by atoms with Crippen molar-refractivity contribution in [1.29, 1.82) is 0 Å². The maximum atomic E-state index is 14.6. The molecule has 2 heterocycles. The third-order valence-corrected chi connectivity index (χ3v) is 9.38. The number of carbonyl (C=O) groups is 5. The van der Waals surface area contributed by atoms with E-state index in [1.165, 1.54) is 18.9 Å². The number of benzene rings is 3. The van der Waals surface area contributed by atoms with E-state index in [1.807, 2.05) is 30.3 Å². The molecule has 2 aliphatic heterocycles. The van der Waals surface area contributed by atoms with Crippen LogP contribution in [-0.2, 0) is 37.0 Å². The monoisotopic (exact) mass is 720 g/mol. The van der Waals surface area contributed by atoms with Crippen molar-refractivity contribution in [3.05, 3.63) is 95.1 Å². The number of ether oxygens (including phenoxy) is 1. The van der Waals surface area contributed by atoms with Crippen molar-refractivity contribution in [2.24, 2.45) is 5.92 Å². The molecule has 0 spiro atoms. The molecule has 0 unspecified atom stereocenters. The van der Waals surface area contributed by atoms with E-state index in [4.69, 9.17) is 4.74 Å². The van der Waals surface area contributed by atoms with Crippen LogP contribution in [0, 0.1) is 17.6 Å². The van der Waals surface area contributed by atoms with Gasteiger partial charge in [0.1, 0.15) is 35.4 Å². The number of anilines is 2. The number of amides is 5. The highest BCUT2D eigenvalue weighted by Gasteiger charge is 2.44. The van der Waals surface area contributed by atoms with E-state index in [1.54, 1.807) is 18.2 Å². The summed E-state index contributed by atoms with van der Waals surface area (Å²) in [7, 11) is 1.23. The minimum absolute atomic E-state index is 0.130. The van der Waals surface area contributed by atoms with Crippen LogP contribution in [0.1, 0.15) is 48.9 Å². The van der Waals surface area contributed by atoms with Gasteiger partial charge < -0.3 is 36.0 Å². The van der Waals surface area contributed by atoms with Crippen molar-refractivity contribution in [2.45, 2.75) is 57.4 Å². The first-order chi connectivity index (χ1) is 24.9. The van der Waals surface area contributed by atoms with Gasteiger partial charge in [0.05, 0.1) is 0 Å². The molecule has 5 rings (SSSR count). The zero-order chi connectivity index (χ0) is 37.4.